The molecule has 1 fully saturated rings. The van der Waals surface area contributed by atoms with Crippen LogP contribution < -0.4 is 5.73 Å². The number of imide groups is 1. The van der Waals surface area contributed by atoms with E-state index in [1.165, 1.54) is 4.90 Å². The minimum atomic E-state index is -0.614. The van der Waals surface area contributed by atoms with Crippen molar-refractivity contribution in [3.63, 3.8) is 0 Å². The first kappa shape index (κ1) is 12.9. The van der Waals surface area contributed by atoms with Crippen LogP contribution >= 0.6 is 11.6 Å². The summed E-state index contributed by atoms with van der Waals surface area (Å²) in [5, 5.41) is 0.473. The van der Waals surface area contributed by atoms with Crippen LogP contribution in [0.4, 0.5) is 5.69 Å². The summed E-state index contributed by atoms with van der Waals surface area (Å²) < 4.78 is 0. The topological polar surface area (TPSA) is 63.4 Å². The van der Waals surface area contributed by atoms with Gasteiger partial charge in [-0.25, -0.2) is 0 Å². The number of halogens is 1. The lowest BCUT2D eigenvalue weighted by Crippen LogP contribution is -2.32. The Morgan fingerprint density at radius 2 is 2.06 bits per heavy atom. The second-order valence-electron chi connectivity index (χ2n) is 5.20. The molecule has 2 rings (SSSR count). The smallest absolute Gasteiger partial charge is 0.235 e. The van der Waals surface area contributed by atoms with Gasteiger partial charge >= 0.3 is 0 Å². The summed E-state index contributed by atoms with van der Waals surface area (Å²) >= 11 is 6.05. The predicted molar refractivity (Wildman–Crippen MR) is 69.8 cm³/mol. The minimum absolute atomic E-state index is 0.152. The summed E-state index contributed by atoms with van der Waals surface area (Å²) in [5.74, 6) is -0.307. The van der Waals surface area contributed by atoms with E-state index in [0.717, 1.165) is 5.56 Å². The summed E-state index contributed by atoms with van der Waals surface area (Å²) in [7, 11) is 0. The van der Waals surface area contributed by atoms with Crippen LogP contribution in [0.5, 0.6) is 0 Å². The van der Waals surface area contributed by atoms with E-state index in [0.29, 0.717) is 10.7 Å². The lowest BCUT2D eigenvalue weighted by atomic mass is 9.92. The van der Waals surface area contributed by atoms with Crippen LogP contribution in [0.15, 0.2) is 18.2 Å². The lowest BCUT2D eigenvalue weighted by Gasteiger charge is -2.18. The maximum Gasteiger partial charge on any atom is 0.235 e. The third kappa shape index (κ3) is 2.20. The van der Waals surface area contributed by atoms with Gasteiger partial charge in [0, 0.05) is 17.1 Å². The van der Waals surface area contributed by atoms with Crippen molar-refractivity contribution < 1.29 is 9.59 Å². The first-order valence-electron chi connectivity index (χ1n) is 5.70. The molecular weight excluding hydrogens is 252 g/mol. The number of benzene rings is 1. The standard InChI is InChI=1S/C13H15ClN2O2/c1-13(2)6-11(17)16(12(13)18)7-8-3-4-9(15)5-10(8)14/h3-5H,6-7,15H2,1-2H3. The van der Waals surface area contributed by atoms with Crippen LogP contribution in [0.1, 0.15) is 25.8 Å². The van der Waals surface area contributed by atoms with E-state index in [1.807, 2.05) is 0 Å². The van der Waals surface area contributed by atoms with Gasteiger partial charge in [-0.2, -0.15) is 0 Å². The highest BCUT2D eigenvalue weighted by Gasteiger charge is 2.44. The van der Waals surface area contributed by atoms with Crippen LogP contribution in [0.3, 0.4) is 0 Å². The van der Waals surface area contributed by atoms with Crippen molar-refractivity contribution in [2.75, 3.05) is 5.73 Å². The average Bonchev–Trinajstić information content (AvgIpc) is 2.44. The number of carbonyl (C=O) groups excluding carboxylic acids is 2. The quantitative estimate of drug-likeness (QED) is 0.659. The Labute approximate surface area is 111 Å². The fourth-order valence-electron chi connectivity index (χ4n) is 2.05. The van der Waals surface area contributed by atoms with Gasteiger partial charge in [-0.1, -0.05) is 31.5 Å². The monoisotopic (exact) mass is 266 g/mol. The van der Waals surface area contributed by atoms with Gasteiger partial charge in [0.2, 0.25) is 11.8 Å². The Morgan fingerprint density at radius 1 is 1.39 bits per heavy atom. The third-order valence-corrected chi connectivity index (χ3v) is 3.48. The Kier molecular flexibility index (Phi) is 3.07. The molecule has 1 aromatic rings. The fraction of sp³-hybridized carbons (Fsp3) is 0.385. The van der Waals surface area contributed by atoms with Gasteiger partial charge in [0.1, 0.15) is 0 Å². The molecule has 1 aliphatic rings. The van der Waals surface area contributed by atoms with Crippen LogP contribution in [-0.2, 0) is 16.1 Å². The van der Waals surface area contributed by atoms with Crippen LogP contribution in [0.2, 0.25) is 5.02 Å². The maximum absolute atomic E-state index is 12.1. The molecule has 0 bridgehead atoms. The fourth-order valence-corrected chi connectivity index (χ4v) is 2.30. The van der Waals surface area contributed by atoms with Crippen LogP contribution in [-0.4, -0.2) is 16.7 Å². The van der Waals surface area contributed by atoms with Gasteiger partial charge < -0.3 is 5.73 Å². The number of hydrogen-bond acceptors (Lipinski definition) is 3. The van der Waals surface area contributed by atoms with Gasteiger partial charge in [0.25, 0.3) is 0 Å². The zero-order valence-corrected chi connectivity index (χ0v) is 11.1. The van der Waals surface area contributed by atoms with Crippen molar-refractivity contribution in [3.05, 3.63) is 28.8 Å². The van der Waals surface area contributed by atoms with E-state index < -0.39 is 5.41 Å². The Bertz CT molecular complexity index is 526. The largest absolute Gasteiger partial charge is 0.399 e. The zero-order chi connectivity index (χ0) is 13.5. The summed E-state index contributed by atoms with van der Waals surface area (Å²) in [6.07, 6.45) is 0.248. The second-order valence-corrected chi connectivity index (χ2v) is 5.60. The van der Waals surface area contributed by atoms with E-state index in [1.54, 1.807) is 32.0 Å². The molecule has 2 N–H and O–H groups in total. The summed E-state index contributed by atoms with van der Waals surface area (Å²) in [4.78, 5) is 25.1. The molecule has 0 atom stereocenters. The molecule has 96 valence electrons. The number of nitrogen functional groups attached to an aromatic ring is 1. The number of nitrogens with two attached hydrogens (primary N) is 1. The number of rotatable bonds is 2. The molecule has 5 heteroatoms. The number of hydrogen-bond donors (Lipinski definition) is 1. The highest BCUT2D eigenvalue weighted by atomic mass is 35.5. The molecule has 18 heavy (non-hydrogen) atoms. The molecule has 0 aliphatic carbocycles. The normalized spacial score (nSPS) is 18.5. The molecule has 4 nitrogen and oxygen atoms in total. The molecule has 1 aliphatic heterocycles. The first-order chi connectivity index (χ1) is 8.31. The lowest BCUT2D eigenvalue weighted by molar-refractivity contribution is -0.141. The number of amides is 2. The molecule has 1 aromatic carbocycles. The molecule has 0 radical (unpaired) electrons. The van der Waals surface area contributed by atoms with Gasteiger partial charge in [-0.15, -0.1) is 0 Å². The van der Waals surface area contributed by atoms with Gasteiger partial charge in [0.15, 0.2) is 0 Å². The SMILES string of the molecule is CC1(C)CC(=O)N(Cc2ccc(N)cc2Cl)C1=O. The Morgan fingerprint density at radius 3 is 2.56 bits per heavy atom. The summed E-state index contributed by atoms with van der Waals surface area (Å²) in [6.45, 7) is 3.76. The molecule has 0 unspecified atom stereocenters. The highest BCUT2D eigenvalue weighted by molar-refractivity contribution is 6.31. The number of likely N-dealkylation sites (tertiary alicyclic amines) is 1. The average molecular weight is 267 g/mol. The Balaban J connectivity index is 2.24. The van der Waals surface area contributed by atoms with Gasteiger partial charge in [-0.3, -0.25) is 14.5 Å². The molecule has 0 spiro atoms. The van der Waals surface area contributed by atoms with Gasteiger partial charge in [-0.05, 0) is 17.7 Å². The Hall–Kier alpha value is -1.55. The first-order valence-corrected chi connectivity index (χ1v) is 6.08. The van der Waals surface area contributed by atoms with E-state index in [9.17, 15) is 9.59 Å². The van der Waals surface area contributed by atoms with E-state index in [-0.39, 0.29) is 24.8 Å². The van der Waals surface area contributed by atoms with Crippen molar-refractivity contribution in [3.8, 4) is 0 Å². The highest BCUT2D eigenvalue weighted by Crippen LogP contribution is 2.33. The minimum Gasteiger partial charge on any atom is -0.399 e. The van der Waals surface area contributed by atoms with E-state index in [2.05, 4.69) is 0 Å². The summed E-state index contributed by atoms with van der Waals surface area (Å²) in [5.41, 5.74) is 6.27. The number of carbonyl (C=O) groups is 2. The number of anilines is 1. The van der Waals surface area contributed by atoms with Crippen LogP contribution in [0, 0.1) is 5.41 Å². The van der Waals surface area contributed by atoms with Crippen molar-refractivity contribution in [2.24, 2.45) is 5.41 Å². The maximum atomic E-state index is 12.1. The molecule has 0 aromatic heterocycles. The van der Waals surface area contributed by atoms with Crippen molar-refractivity contribution in [1.29, 1.82) is 0 Å². The van der Waals surface area contributed by atoms with E-state index >= 15 is 0 Å². The number of nitrogens with zero attached hydrogens (tertiary/aromatic N) is 1. The van der Waals surface area contributed by atoms with Crippen molar-refractivity contribution >= 4 is 29.1 Å². The van der Waals surface area contributed by atoms with Crippen LogP contribution in [0.25, 0.3) is 0 Å². The third-order valence-electron chi connectivity index (χ3n) is 3.12. The summed E-state index contributed by atoms with van der Waals surface area (Å²) in [6, 6.07) is 5.06. The molecule has 1 saturated heterocycles. The molecule has 0 saturated carbocycles. The van der Waals surface area contributed by atoms with Crippen molar-refractivity contribution in [2.45, 2.75) is 26.8 Å². The van der Waals surface area contributed by atoms with Gasteiger partial charge in [0.05, 0.1) is 12.0 Å². The second kappa shape index (κ2) is 4.28. The molecule has 1 heterocycles. The van der Waals surface area contributed by atoms with E-state index in [4.69, 9.17) is 17.3 Å². The predicted octanol–water partition coefficient (Wildman–Crippen LogP) is 2.21. The molecular formula is C13H15ClN2O2. The molecule has 2 amide bonds. The zero-order valence-electron chi connectivity index (χ0n) is 10.4. The van der Waals surface area contributed by atoms with Crippen molar-refractivity contribution in [1.82, 2.24) is 4.90 Å².